The zero-order chi connectivity index (χ0) is 17.9. The lowest BCUT2D eigenvalue weighted by Crippen LogP contribution is -2.26. The molecule has 0 aliphatic heterocycles. The highest BCUT2D eigenvalue weighted by molar-refractivity contribution is 7.89. The summed E-state index contributed by atoms with van der Waals surface area (Å²) in [6.45, 7) is 3.96. The minimum Gasteiger partial charge on any atom is -0.296 e. The molecule has 0 unspecified atom stereocenters. The number of hydroxylamine groups is 1. The predicted octanol–water partition coefficient (Wildman–Crippen LogP) is 2.10. The van der Waals surface area contributed by atoms with E-state index in [4.69, 9.17) is 4.84 Å². The molecule has 130 valence electrons. The molecule has 10 heteroatoms. The Hall–Kier alpha value is -1.88. The molecule has 2 rings (SSSR count). The summed E-state index contributed by atoms with van der Waals surface area (Å²) in [7, 11) is -1.30. The highest BCUT2D eigenvalue weighted by Gasteiger charge is 2.22. The van der Waals surface area contributed by atoms with E-state index in [-0.39, 0.29) is 16.4 Å². The number of carbonyl (C=O) groups is 1. The van der Waals surface area contributed by atoms with Gasteiger partial charge in [0.2, 0.25) is 5.13 Å². The van der Waals surface area contributed by atoms with Crippen molar-refractivity contribution < 1.29 is 18.0 Å². The highest BCUT2D eigenvalue weighted by atomic mass is 32.2. The Kier molecular flexibility index (Phi) is 5.65. The van der Waals surface area contributed by atoms with Crippen molar-refractivity contribution in [2.75, 3.05) is 19.5 Å². The van der Waals surface area contributed by atoms with Gasteiger partial charge in [-0.25, -0.2) is 8.42 Å². The maximum Gasteiger partial charge on any atom is 0.264 e. The molecule has 1 heterocycles. The SMILES string of the molecule is CON(C)S(=O)(=O)c1cccc(C(=O)Nc2nnc(C(C)C)s2)c1. The molecule has 0 bridgehead atoms. The molecule has 1 amide bonds. The maximum atomic E-state index is 12.3. The van der Waals surface area contributed by atoms with Crippen molar-refractivity contribution in [1.82, 2.24) is 14.7 Å². The Morgan fingerprint density at radius 3 is 2.62 bits per heavy atom. The molecule has 0 saturated heterocycles. The number of aromatic nitrogens is 2. The first-order valence-corrected chi connectivity index (χ1v) is 9.29. The second kappa shape index (κ2) is 7.34. The normalized spacial score (nSPS) is 11.9. The molecular formula is C14H18N4O4S2. The summed E-state index contributed by atoms with van der Waals surface area (Å²) in [6, 6.07) is 5.69. The van der Waals surface area contributed by atoms with Crippen molar-refractivity contribution in [2.45, 2.75) is 24.7 Å². The van der Waals surface area contributed by atoms with Gasteiger partial charge in [-0.1, -0.05) is 35.7 Å². The van der Waals surface area contributed by atoms with Crippen LogP contribution < -0.4 is 5.32 Å². The topological polar surface area (TPSA) is 101 Å². The molecule has 0 radical (unpaired) electrons. The van der Waals surface area contributed by atoms with E-state index in [0.29, 0.717) is 5.13 Å². The van der Waals surface area contributed by atoms with Crippen LogP contribution >= 0.6 is 11.3 Å². The number of hydrogen-bond donors (Lipinski definition) is 1. The standard InChI is InChI=1S/C14H18N4O4S2/c1-9(2)13-16-17-14(23-13)15-12(19)10-6-5-7-11(8-10)24(20,21)18(3)22-4/h5-9H,1-4H3,(H,15,17,19). The Balaban J connectivity index is 2.23. The van der Waals surface area contributed by atoms with E-state index < -0.39 is 15.9 Å². The molecule has 0 spiro atoms. The highest BCUT2D eigenvalue weighted by Crippen LogP contribution is 2.23. The summed E-state index contributed by atoms with van der Waals surface area (Å²) in [5, 5.41) is 11.7. The molecular weight excluding hydrogens is 352 g/mol. The first-order valence-electron chi connectivity index (χ1n) is 7.03. The van der Waals surface area contributed by atoms with Crippen LogP contribution in [0.1, 0.15) is 35.1 Å². The molecule has 2 aromatic rings. The second-order valence-electron chi connectivity index (χ2n) is 5.18. The fraction of sp³-hybridized carbons (Fsp3) is 0.357. The number of hydrogen-bond acceptors (Lipinski definition) is 7. The van der Waals surface area contributed by atoms with Crippen LogP contribution in [-0.4, -0.2) is 43.1 Å². The first-order chi connectivity index (χ1) is 11.3. The Morgan fingerprint density at radius 2 is 2.04 bits per heavy atom. The average Bonchev–Trinajstić information content (AvgIpc) is 3.02. The summed E-state index contributed by atoms with van der Waals surface area (Å²) < 4.78 is 25.2. The molecule has 1 aromatic heterocycles. The predicted molar refractivity (Wildman–Crippen MR) is 90.4 cm³/mol. The Bertz CT molecular complexity index is 833. The van der Waals surface area contributed by atoms with Crippen molar-refractivity contribution in [3.05, 3.63) is 34.8 Å². The molecule has 0 fully saturated rings. The van der Waals surface area contributed by atoms with Gasteiger partial charge in [-0.2, -0.15) is 0 Å². The summed E-state index contributed by atoms with van der Waals surface area (Å²) >= 11 is 1.28. The van der Waals surface area contributed by atoms with E-state index in [0.717, 1.165) is 9.48 Å². The third kappa shape index (κ3) is 3.96. The van der Waals surface area contributed by atoms with E-state index in [2.05, 4.69) is 15.5 Å². The third-order valence-corrected chi connectivity index (χ3v) is 5.96. The monoisotopic (exact) mass is 370 g/mol. The van der Waals surface area contributed by atoms with Crippen LogP contribution in [0.25, 0.3) is 0 Å². The fourth-order valence-corrected chi connectivity index (χ4v) is 3.49. The summed E-state index contributed by atoms with van der Waals surface area (Å²) in [5.74, 6) is -0.246. The van der Waals surface area contributed by atoms with E-state index in [1.165, 1.54) is 49.8 Å². The van der Waals surface area contributed by atoms with Gasteiger partial charge in [0.1, 0.15) is 5.01 Å². The van der Waals surface area contributed by atoms with E-state index in [1.54, 1.807) is 0 Å². The summed E-state index contributed by atoms with van der Waals surface area (Å²) in [6.07, 6.45) is 0. The number of benzene rings is 1. The van der Waals surface area contributed by atoms with Crippen LogP contribution in [0.5, 0.6) is 0 Å². The zero-order valence-electron chi connectivity index (χ0n) is 13.7. The number of amides is 1. The fourth-order valence-electron chi connectivity index (χ4n) is 1.73. The lowest BCUT2D eigenvalue weighted by Gasteiger charge is -2.14. The Labute approximate surface area is 144 Å². The lowest BCUT2D eigenvalue weighted by atomic mass is 10.2. The minimum atomic E-state index is -3.82. The number of nitrogens with zero attached hydrogens (tertiary/aromatic N) is 3. The molecule has 1 aromatic carbocycles. The van der Waals surface area contributed by atoms with Gasteiger partial charge in [-0.15, -0.1) is 10.2 Å². The van der Waals surface area contributed by atoms with Gasteiger partial charge >= 0.3 is 0 Å². The van der Waals surface area contributed by atoms with Crippen molar-refractivity contribution in [2.24, 2.45) is 0 Å². The van der Waals surface area contributed by atoms with Gasteiger partial charge < -0.3 is 0 Å². The van der Waals surface area contributed by atoms with Crippen LogP contribution in [0.15, 0.2) is 29.2 Å². The third-order valence-electron chi connectivity index (χ3n) is 3.14. The average molecular weight is 370 g/mol. The van der Waals surface area contributed by atoms with Crippen LogP contribution in [0.3, 0.4) is 0 Å². The number of anilines is 1. The molecule has 0 saturated carbocycles. The van der Waals surface area contributed by atoms with E-state index >= 15 is 0 Å². The van der Waals surface area contributed by atoms with Gasteiger partial charge in [-0.05, 0) is 18.2 Å². The van der Waals surface area contributed by atoms with Crippen LogP contribution in [0.2, 0.25) is 0 Å². The number of sulfonamides is 1. The van der Waals surface area contributed by atoms with Gasteiger partial charge in [0.05, 0.1) is 12.0 Å². The van der Waals surface area contributed by atoms with Crippen molar-refractivity contribution in [3.63, 3.8) is 0 Å². The molecule has 8 nitrogen and oxygen atoms in total. The summed E-state index contributed by atoms with van der Waals surface area (Å²) in [4.78, 5) is 17.0. The number of nitrogens with one attached hydrogen (secondary N) is 1. The van der Waals surface area contributed by atoms with Gasteiger partial charge in [-0.3, -0.25) is 14.9 Å². The van der Waals surface area contributed by atoms with Crippen molar-refractivity contribution in [1.29, 1.82) is 0 Å². The lowest BCUT2D eigenvalue weighted by molar-refractivity contribution is -0.0258. The molecule has 0 aliphatic carbocycles. The van der Waals surface area contributed by atoms with E-state index in [9.17, 15) is 13.2 Å². The zero-order valence-corrected chi connectivity index (χ0v) is 15.3. The minimum absolute atomic E-state index is 0.0420. The molecule has 24 heavy (non-hydrogen) atoms. The van der Waals surface area contributed by atoms with E-state index in [1.807, 2.05) is 13.8 Å². The van der Waals surface area contributed by atoms with Crippen LogP contribution in [0, 0.1) is 0 Å². The largest absolute Gasteiger partial charge is 0.296 e. The van der Waals surface area contributed by atoms with Crippen molar-refractivity contribution in [3.8, 4) is 0 Å². The van der Waals surface area contributed by atoms with Gasteiger partial charge in [0, 0.05) is 18.5 Å². The molecule has 1 N–H and O–H groups in total. The second-order valence-corrected chi connectivity index (χ2v) is 8.12. The van der Waals surface area contributed by atoms with Crippen LogP contribution in [0.4, 0.5) is 5.13 Å². The summed E-state index contributed by atoms with van der Waals surface area (Å²) in [5.41, 5.74) is 0.196. The number of carbonyl (C=O) groups excluding carboxylic acids is 1. The smallest absolute Gasteiger partial charge is 0.264 e. The van der Waals surface area contributed by atoms with Gasteiger partial charge in [0.15, 0.2) is 0 Å². The van der Waals surface area contributed by atoms with Crippen LogP contribution in [-0.2, 0) is 14.9 Å². The maximum absolute atomic E-state index is 12.3. The van der Waals surface area contributed by atoms with Gasteiger partial charge in [0.25, 0.3) is 15.9 Å². The van der Waals surface area contributed by atoms with Crippen molar-refractivity contribution >= 4 is 32.4 Å². The molecule has 0 aliphatic rings. The quantitative estimate of drug-likeness (QED) is 0.781. The Morgan fingerprint density at radius 1 is 1.33 bits per heavy atom. The molecule has 0 atom stereocenters. The first kappa shape index (κ1) is 18.5. The number of rotatable bonds is 6.